The first-order valence-corrected chi connectivity index (χ1v) is 7.82. The van der Waals surface area contributed by atoms with Gasteiger partial charge < -0.3 is 5.32 Å². The molecular weight excluding hydrogens is 232 g/mol. The van der Waals surface area contributed by atoms with Crippen LogP contribution in [0.5, 0.6) is 0 Å². The first kappa shape index (κ1) is 13.1. The predicted molar refractivity (Wildman–Crippen MR) is 80.1 cm³/mol. The van der Waals surface area contributed by atoms with Crippen LogP contribution in [0, 0.1) is 5.92 Å². The number of rotatable bonds is 6. The highest BCUT2D eigenvalue weighted by Crippen LogP contribution is 2.33. The molecule has 1 heterocycles. The second-order valence-corrected chi connectivity index (χ2v) is 6.45. The largest absolute Gasteiger partial charge is 0.310 e. The second kappa shape index (κ2) is 6.06. The third-order valence-electron chi connectivity index (χ3n) is 4.43. The quantitative estimate of drug-likeness (QED) is 0.843. The van der Waals surface area contributed by atoms with Crippen LogP contribution in [0.1, 0.15) is 38.2 Å². The lowest BCUT2D eigenvalue weighted by Crippen LogP contribution is -2.38. The molecule has 1 saturated heterocycles. The SMILES string of the molecule is CC(CC1CC1)NC1CCN(Cc2ccccc2)C1. The molecule has 2 fully saturated rings. The van der Waals surface area contributed by atoms with E-state index in [0.717, 1.165) is 12.5 Å². The number of benzene rings is 1. The van der Waals surface area contributed by atoms with Crippen molar-refractivity contribution in [2.24, 2.45) is 5.92 Å². The molecule has 1 aromatic carbocycles. The van der Waals surface area contributed by atoms with Gasteiger partial charge in [-0.1, -0.05) is 43.2 Å². The van der Waals surface area contributed by atoms with Crippen molar-refractivity contribution in [2.75, 3.05) is 13.1 Å². The lowest BCUT2D eigenvalue weighted by Gasteiger charge is -2.20. The normalized spacial score (nSPS) is 25.6. The highest BCUT2D eigenvalue weighted by atomic mass is 15.2. The molecule has 104 valence electrons. The fourth-order valence-corrected chi connectivity index (χ4v) is 3.28. The Morgan fingerprint density at radius 1 is 1.21 bits per heavy atom. The second-order valence-electron chi connectivity index (χ2n) is 6.45. The molecule has 1 N–H and O–H groups in total. The fraction of sp³-hybridized carbons (Fsp3) is 0.647. The van der Waals surface area contributed by atoms with Gasteiger partial charge >= 0.3 is 0 Å². The average Bonchev–Trinajstić information content (AvgIpc) is 3.11. The van der Waals surface area contributed by atoms with Gasteiger partial charge in [-0.25, -0.2) is 0 Å². The van der Waals surface area contributed by atoms with E-state index in [-0.39, 0.29) is 0 Å². The van der Waals surface area contributed by atoms with Gasteiger partial charge in [0.25, 0.3) is 0 Å². The van der Waals surface area contributed by atoms with E-state index in [1.54, 1.807) is 0 Å². The minimum Gasteiger partial charge on any atom is -0.310 e. The Balaban J connectivity index is 1.42. The van der Waals surface area contributed by atoms with Gasteiger partial charge in [-0.2, -0.15) is 0 Å². The van der Waals surface area contributed by atoms with Crippen LogP contribution in [0.4, 0.5) is 0 Å². The maximum absolute atomic E-state index is 3.82. The summed E-state index contributed by atoms with van der Waals surface area (Å²) in [6, 6.07) is 12.2. The first-order chi connectivity index (χ1) is 9.29. The van der Waals surface area contributed by atoms with Crippen LogP contribution < -0.4 is 5.32 Å². The smallest absolute Gasteiger partial charge is 0.0234 e. The van der Waals surface area contributed by atoms with Crippen molar-refractivity contribution in [1.29, 1.82) is 0 Å². The summed E-state index contributed by atoms with van der Waals surface area (Å²) >= 11 is 0. The topological polar surface area (TPSA) is 15.3 Å². The van der Waals surface area contributed by atoms with E-state index in [9.17, 15) is 0 Å². The van der Waals surface area contributed by atoms with Gasteiger partial charge in [0.15, 0.2) is 0 Å². The molecule has 2 heteroatoms. The van der Waals surface area contributed by atoms with Gasteiger partial charge in [-0.15, -0.1) is 0 Å². The minimum absolute atomic E-state index is 0.703. The number of nitrogens with one attached hydrogen (secondary N) is 1. The number of hydrogen-bond acceptors (Lipinski definition) is 2. The average molecular weight is 258 g/mol. The van der Waals surface area contributed by atoms with E-state index in [4.69, 9.17) is 0 Å². The summed E-state index contributed by atoms with van der Waals surface area (Å²) in [7, 11) is 0. The zero-order valence-electron chi connectivity index (χ0n) is 12.0. The monoisotopic (exact) mass is 258 g/mol. The molecule has 1 aromatic rings. The zero-order chi connectivity index (χ0) is 13.1. The summed E-state index contributed by atoms with van der Waals surface area (Å²) in [5.41, 5.74) is 1.44. The van der Waals surface area contributed by atoms with Crippen molar-refractivity contribution in [1.82, 2.24) is 10.2 Å². The molecule has 0 amide bonds. The Morgan fingerprint density at radius 2 is 2.00 bits per heavy atom. The standard InChI is InChI=1S/C17H26N2/c1-14(11-15-7-8-15)18-17-9-10-19(13-17)12-16-5-3-2-4-6-16/h2-6,14-15,17-18H,7-13H2,1H3. The molecule has 19 heavy (non-hydrogen) atoms. The molecule has 1 aliphatic heterocycles. The van der Waals surface area contributed by atoms with E-state index in [1.807, 2.05) is 0 Å². The number of likely N-dealkylation sites (tertiary alicyclic amines) is 1. The summed E-state index contributed by atoms with van der Waals surface area (Å²) in [4.78, 5) is 2.58. The third-order valence-corrected chi connectivity index (χ3v) is 4.43. The molecule has 2 atom stereocenters. The molecule has 1 aliphatic carbocycles. The van der Waals surface area contributed by atoms with E-state index in [1.165, 1.54) is 44.3 Å². The Bertz CT molecular complexity index is 386. The summed E-state index contributed by atoms with van der Waals surface area (Å²) in [5, 5.41) is 3.82. The van der Waals surface area contributed by atoms with Crippen LogP contribution in [0.25, 0.3) is 0 Å². The highest BCUT2D eigenvalue weighted by molar-refractivity contribution is 5.14. The molecule has 2 nitrogen and oxygen atoms in total. The first-order valence-electron chi connectivity index (χ1n) is 7.82. The van der Waals surface area contributed by atoms with Gasteiger partial charge in [-0.3, -0.25) is 4.90 Å². The molecule has 2 unspecified atom stereocenters. The summed E-state index contributed by atoms with van der Waals surface area (Å²) in [5.74, 6) is 1.03. The minimum atomic E-state index is 0.703. The Kier molecular flexibility index (Phi) is 4.19. The Hall–Kier alpha value is -0.860. The molecule has 2 aliphatic rings. The van der Waals surface area contributed by atoms with Crippen LogP contribution in [0.3, 0.4) is 0 Å². The Labute approximate surface area is 117 Å². The van der Waals surface area contributed by atoms with Crippen molar-refractivity contribution >= 4 is 0 Å². The lowest BCUT2D eigenvalue weighted by atomic mass is 10.1. The molecule has 0 spiro atoms. The van der Waals surface area contributed by atoms with Crippen LogP contribution in [0.15, 0.2) is 30.3 Å². The molecule has 3 rings (SSSR count). The zero-order valence-corrected chi connectivity index (χ0v) is 12.0. The van der Waals surface area contributed by atoms with E-state index in [2.05, 4.69) is 47.5 Å². The van der Waals surface area contributed by atoms with Gasteiger partial charge in [0, 0.05) is 31.7 Å². The summed E-state index contributed by atoms with van der Waals surface area (Å²) < 4.78 is 0. The van der Waals surface area contributed by atoms with Crippen molar-refractivity contribution < 1.29 is 0 Å². The molecule has 0 aromatic heterocycles. The molecule has 0 radical (unpaired) electrons. The summed E-state index contributed by atoms with van der Waals surface area (Å²) in [6.45, 7) is 5.92. The fourth-order valence-electron chi connectivity index (χ4n) is 3.28. The van der Waals surface area contributed by atoms with Gasteiger partial charge in [-0.05, 0) is 31.2 Å². The van der Waals surface area contributed by atoms with Crippen LogP contribution >= 0.6 is 0 Å². The van der Waals surface area contributed by atoms with Crippen LogP contribution in [0.2, 0.25) is 0 Å². The summed E-state index contributed by atoms with van der Waals surface area (Å²) in [6.07, 6.45) is 5.63. The lowest BCUT2D eigenvalue weighted by molar-refractivity contribution is 0.313. The van der Waals surface area contributed by atoms with Gasteiger partial charge in [0.2, 0.25) is 0 Å². The molecular formula is C17H26N2. The van der Waals surface area contributed by atoms with Crippen molar-refractivity contribution in [2.45, 2.75) is 51.2 Å². The van der Waals surface area contributed by atoms with Gasteiger partial charge in [0.05, 0.1) is 0 Å². The maximum atomic E-state index is 3.82. The van der Waals surface area contributed by atoms with Crippen LogP contribution in [-0.2, 0) is 6.54 Å². The van der Waals surface area contributed by atoms with Crippen molar-refractivity contribution in [3.05, 3.63) is 35.9 Å². The number of hydrogen-bond donors (Lipinski definition) is 1. The van der Waals surface area contributed by atoms with Crippen molar-refractivity contribution in [3.63, 3.8) is 0 Å². The predicted octanol–water partition coefficient (Wildman–Crippen LogP) is 3.04. The van der Waals surface area contributed by atoms with Crippen LogP contribution in [-0.4, -0.2) is 30.1 Å². The van der Waals surface area contributed by atoms with E-state index in [0.29, 0.717) is 12.1 Å². The van der Waals surface area contributed by atoms with E-state index < -0.39 is 0 Å². The molecule has 0 bridgehead atoms. The van der Waals surface area contributed by atoms with E-state index >= 15 is 0 Å². The third kappa shape index (κ3) is 4.05. The highest BCUT2D eigenvalue weighted by Gasteiger charge is 2.27. The Morgan fingerprint density at radius 3 is 2.74 bits per heavy atom. The molecule has 1 saturated carbocycles. The number of nitrogens with zero attached hydrogens (tertiary/aromatic N) is 1. The van der Waals surface area contributed by atoms with Gasteiger partial charge in [0.1, 0.15) is 0 Å². The van der Waals surface area contributed by atoms with Crippen molar-refractivity contribution in [3.8, 4) is 0 Å². The maximum Gasteiger partial charge on any atom is 0.0234 e.